The molecule has 0 saturated heterocycles. The number of aliphatic hydroxyl groups is 1. The van der Waals surface area contributed by atoms with E-state index in [0.717, 1.165) is 0 Å². The summed E-state index contributed by atoms with van der Waals surface area (Å²) in [5.74, 6) is 5.16. The van der Waals surface area contributed by atoms with Crippen LogP contribution in [-0.2, 0) is 14.3 Å². The summed E-state index contributed by atoms with van der Waals surface area (Å²) in [7, 11) is 0. The Morgan fingerprint density at radius 1 is 1.53 bits per heavy atom. The van der Waals surface area contributed by atoms with Gasteiger partial charge in [0, 0.05) is 6.42 Å². The third-order valence-corrected chi connectivity index (χ3v) is 1.31. The minimum atomic E-state index is -0.356. The van der Waals surface area contributed by atoms with Crippen molar-refractivity contribution in [1.82, 2.24) is 0 Å². The highest BCUT2D eigenvalue weighted by molar-refractivity contribution is 5.70. The quantitative estimate of drug-likeness (QED) is 0.396. The summed E-state index contributed by atoms with van der Waals surface area (Å²) in [6.45, 7) is 2.49. The Hall–Kier alpha value is -1.31. The van der Waals surface area contributed by atoms with Crippen molar-refractivity contribution in [3.8, 4) is 11.8 Å². The van der Waals surface area contributed by atoms with Crippen LogP contribution in [0.25, 0.3) is 0 Å². The predicted molar refractivity (Wildman–Crippen MR) is 56.1 cm³/mol. The van der Waals surface area contributed by atoms with Crippen LogP contribution in [0.3, 0.4) is 0 Å². The Kier molecular flexibility index (Phi) is 9.83. The van der Waals surface area contributed by atoms with E-state index in [4.69, 9.17) is 9.84 Å². The number of ether oxygens (including phenoxy) is 2. The standard InChI is InChI=1S/C11H16O4/c1-2-15-11(13)10-14-9-7-5-3-4-6-8-12/h4,6,12H,2,7-10H2,1H3/b6-4+. The van der Waals surface area contributed by atoms with Gasteiger partial charge in [-0.1, -0.05) is 17.9 Å². The highest BCUT2D eigenvalue weighted by atomic mass is 16.6. The van der Waals surface area contributed by atoms with Crippen LogP contribution in [0.15, 0.2) is 12.2 Å². The number of aliphatic hydroxyl groups excluding tert-OH is 1. The summed E-state index contributed by atoms with van der Waals surface area (Å²) < 4.78 is 9.67. The van der Waals surface area contributed by atoms with Crippen molar-refractivity contribution in [3.05, 3.63) is 12.2 Å². The second-order valence-corrected chi connectivity index (χ2v) is 2.51. The van der Waals surface area contributed by atoms with E-state index in [2.05, 4.69) is 16.6 Å². The maximum atomic E-state index is 10.8. The second-order valence-electron chi connectivity index (χ2n) is 2.51. The fourth-order valence-corrected chi connectivity index (χ4v) is 0.724. The molecule has 0 atom stereocenters. The smallest absolute Gasteiger partial charge is 0.332 e. The first kappa shape index (κ1) is 13.7. The molecule has 0 aromatic rings. The number of rotatable bonds is 6. The van der Waals surface area contributed by atoms with Crippen LogP contribution in [-0.4, -0.2) is 37.5 Å². The minimum absolute atomic E-state index is 0.00591. The third-order valence-electron chi connectivity index (χ3n) is 1.31. The van der Waals surface area contributed by atoms with Gasteiger partial charge in [-0.3, -0.25) is 0 Å². The highest BCUT2D eigenvalue weighted by Crippen LogP contribution is 1.84. The van der Waals surface area contributed by atoms with E-state index in [1.165, 1.54) is 0 Å². The molecule has 0 bridgehead atoms. The molecule has 0 fully saturated rings. The van der Waals surface area contributed by atoms with Gasteiger partial charge in [0.2, 0.25) is 0 Å². The topological polar surface area (TPSA) is 55.8 Å². The summed E-state index contributed by atoms with van der Waals surface area (Å²) >= 11 is 0. The third kappa shape index (κ3) is 10.6. The molecule has 0 aliphatic carbocycles. The molecular formula is C11H16O4. The van der Waals surface area contributed by atoms with E-state index in [1.54, 1.807) is 19.1 Å². The molecule has 0 aromatic heterocycles. The van der Waals surface area contributed by atoms with Crippen LogP contribution in [0.1, 0.15) is 13.3 Å². The molecular weight excluding hydrogens is 196 g/mol. The molecule has 0 saturated carbocycles. The van der Waals surface area contributed by atoms with Crippen molar-refractivity contribution in [2.24, 2.45) is 0 Å². The molecule has 0 radical (unpaired) electrons. The van der Waals surface area contributed by atoms with Crippen LogP contribution in [0.5, 0.6) is 0 Å². The van der Waals surface area contributed by atoms with E-state index in [-0.39, 0.29) is 19.2 Å². The molecule has 15 heavy (non-hydrogen) atoms. The maximum Gasteiger partial charge on any atom is 0.332 e. The SMILES string of the molecule is CCOC(=O)COCCC#C/C=C/CO. The number of allylic oxidation sites excluding steroid dienone is 1. The van der Waals surface area contributed by atoms with Crippen LogP contribution in [0, 0.1) is 11.8 Å². The summed E-state index contributed by atoms with van der Waals surface area (Å²) in [4.78, 5) is 10.8. The normalized spacial score (nSPS) is 9.73. The van der Waals surface area contributed by atoms with Gasteiger partial charge in [-0.25, -0.2) is 4.79 Å². The van der Waals surface area contributed by atoms with Gasteiger partial charge in [-0.2, -0.15) is 0 Å². The van der Waals surface area contributed by atoms with Crippen LogP contribution in [0.4, 0.5) is 0 Å². The number of carbonyl (C=O) groups excluding carboxylic acids is 1. The highest BCUT2D eigenvalue weighted by Gasteiger charge is 1.99. The van der Waals surface area contributed by atoms with Gasteiger partial charge in [-0.05, 0) is 13.0 Å². The largest absolute Gasteiger partial charge is 0.464 e. The minimum Gasteiger partial charge on any atom is -0.464 e. The van der Waals surface area contributed by atoms with Crippen LogP contribution >= 0.6 is 0 Å². The molecule has 4 heteroatoms. The van der Waals surface area contributed by atoms with Crippen LogP contribution < -0.4 is 0 Å². The zero-order valence-corrected chi connectivity index (χ0v) is 8.86. The van der Waals surface area contributed by atoms with Crippen molar-refractivity contribution < 1.29 is 19.4 Å². The number of hydrogen-bond acceptors (Lipinski definition) is 4. The molecule has 0 aromatic carbocycles. The first-order valence-electron chi connectivity index (χ1n) is 4.78. The number of carbonyl (C=O) groups is 1. The molecule has 1 N–H and O–H groups in total. The summed E-state index contributed by atoms with van der Waals surface area (Å²) in [6.07, 6.45) is 3.67. The lowest BCUT2D eigenvalue weighted by molar-refractivity contribution is -0.148. The van der Waals surface area contributed by atoms with Crippen molar-refractivity contribution >= 4 is 5.97 Å². The van der Waals surface area contributed by atoms with Crippen molar-refractivity contribution in [1.29, 1.82) is 0 Å². The fourth-order valence-electron chi connectivity index (χ4n) is 0.724. The van der Waals surface area contributed by atoms with Gasteiger partial charge in [0.25, 0.3) is 0 Å². The first-order chi connectivity index (χ1) is 7.31. The summed E-state index contributed by atoms with van der Waals surface area (Å²) in [6, 6.07) is 0. The van der Waals surface area contributed by atoms with Gasteiger partial charge >= 0.3 is 5.97 Å². The van der Waals surface area contributed by atoms with E-state index >= 15 is 0 Å². The molecule has 0 amide bonds. The molecule has 4 nitrogen and oxygen atoms in total. The zero-order chi connectivity index (χ0) is 11.4. The monoisotopic (exact) mass is 212 g/mol. The lowest BCUT2D eigenvalue weighted by Crippen LogP contribution is -2.12. The number of esters is 1. The second kappa shape index (κ2) is 10.8. The van der Waals surface area contributed by atoms with Gasteiger partial charge in [0.1, 0.15) is 6.61 Å². The Labute approximate surface area is 89.9 Å². The zero-order valence-electron chi connectivity index (χ0n) is 8.86. The average molecular weight is 212 g/mol. The van der Waals surface area contributed by atoms with E-state index in [0.29, 0.717) is 19.6 Å². The molecule has 0 heterocycles. The van der Waals surface area contributed by atoms with Gasteiger partial charge < -0.3 is 14.6 Å². The van der Waals surface area contributed by atoms with Crippen molar-refractivity contribution in [2.75, 3.05) is 26.4 Å². The summed E-state index contributed by atoms with van der Waals surface area (Å²) in [5.41, 5.74) is 0. The predicted octanol–water partition coefficient (Wildman–Crippen LogP) is 0.508. The average Bonchev–Trinajstić information content (AvgIpc) is 2.22. The van der Waals surface area contributed by atoms with Gasteiger partial charge in [-0.15, -0.1) is 0 Å². The van der Waals surface area contributed by atoms with Crippen molar-refractivity contribution in [3.63, 3.8) is 0 Å². The molecule has 0 spiro atoms. The molecule has 0 aliphatic heterocycles. The first-order valence-corrected chi connectivity index (χ1v) is 4.78. The lowest BCUT2D eigenvalue weighted by atomic mass is 10.4. The maximum absolute atomic E-state index is 10.8. The van der Waals surface area contributed by atoms with E-state index < -0.39 is 0 Å². The van der Waals surface area contributed by atoms with E-state index in [1.807, 2.05) is 0 Å². The molecule has 84 valence electrons. The van der Waals surface area contributed by atoms with Gasteiger partial charge in [0.15, 0.2) is 0 Å². The number of hydrogen-bond donors (Lipinski definition) is 1. The van der Waals surface area contributed by atoms with Crippen molar-refractivity contribution in [2.45, 2.75) is 13.3 Å². The summed E-state index contributed by atoms with van der Waals surface area (Å²) in [5, 5.41) is 8.39. The van der Waals surface area contributed by atoms with Crippen LogP contribution in [0.2, 0.25) is 0 Å². The van der Waals surface area contributed by atoms with E-state index in [9.17, 15) is 4.79 Å². The Morgan fingerprint density at radius 2 is 2.33 bits per heavy atom. The molecule has 0 unspecified atom stereocenters. The lowest BCUT2D eigenvalue weighted by Gasteiger charge is -2.00. The molecule has 0 rings (SSSR count). The Balaban J connectivity index is 3.34. The van der Waals surface area contributed by atoms with Gasteiger partial charge in [0.05, 0.1) is 19.8 Å². The Morgan fingerprint density at radius 3 is 3.00 bits per heavy atom. The fraction of sp³-hybridized carbons (Fsp3) is 0.545. The Bertz CT molecular complexity index is 247. The molecule has 0 aliphatic rings.